The highest BCUT2D eigenvalue weighted by Gasteiger charge is 2.11. The van der Waals surface area contributed by atoms with Crippen LogP contribution in [0.5, 0.6) is 5.75 Å². The van der Waals surface area contributed by atoms with Crippen LogP contribution in [0.3, 0.4) is 0 Å². The van der Waals surface area contributed by atoms with Gasteiger partial charge in [0, 0.05) is 17.4 Å². The Hall–Kier alpha value is -3.09. The number of aromatic amines is 1. The molecule has 0 spiro atoms. The molecule has 2 aromatic heterocycles. The number of phenols is 1. The summed E-state index contributed by atoms with van der Waals surface area (Å²) in [5.74, 6) is -0.903. The van der Waals surface area contributed by atoms with Crippen molar-refractivity contribution >= 4 is 28.5 Å². The molecule has 0 aliphatic rings. The number of rotatable bonds is 3. The third-order valence-electron chi connectivity index (χ3n) is 3.05. The van der Waals surface area contributed by atoms with Crippen molar-refractivity contribution in [3.05, 3.63) is 41.9 Å². The van der Waals surface area contributed by atoms with Gasteiger partial charge in [-0.15, -0.1) is 0 Å². The first-order valence-electron chi connectivity index (χ1n) is 6.18. The highest BCUT2D eigenvalue weighted by molar-refractivity contribution is 5.92. The van der Waals surface area contributed by atoms with E-state index in [9.17, 15) is 9.90 Å². The number of hydrogen-bond donors (Lipinski definition) is 4. The molecule has 0 fully saturated rings. The van der Waals surface area contributed by atoms with Crippen LogP contribution < -0.4 is 5.32 Å². The van der Waals surface area contributed by atoms with Gasteiger partial charge in [-0.1, -0.05) is 0 Å². The highest BCUT2D eigenvalue weighted by atomic mass is 16.4. The molecule has 0 saturated heterocycles. The zero-order valence-electron chi connectivity index (χ0n) is 11.1. The number of carboxylic acids is 1. The Bertz CT molecular complexity index is 841. The van der Waals surface area contributed by atoms with Crippen LogP contribution in [0.25, 0.3) is 11.0 Å². The predicted molar refractivity (Wildman–Crippen MR) is 77.0 cm³/mol. The lowest BCUT2D eigenvalue weighted by Gasteiger charge is -2.08. The molecule has 0 bridgehead atoms. The van der Waals surface area contributed by atoms with Crippen molar-refractivity contribution in [2.24, 2.45) is 0 Å². The summed E-state index contributed by atoms with van der Waals surface area (Å²) < 4.78 is 0. The molecular formula is C14H12N4O3. The first-order chi connectivity index (χ1) is 10.0. The van der Waals surface area contributed by atoms with Crippen molar-refractivity contribution in [1.29, 1.82) is 0 Å². The normalized spacial score (nSPS) is 10.7. The Kier molecular flexibility index (Phi) is 2.94. The van der Waals surface area contributed by atoms with Gasteiger partial charge >= 0.3 is 5.97 Å². The number of aryl methyl sites for hydroxylation is 1. The van der Waals surface area contributed by atoms with Crippen LogP contribution in [0.15, 0.2) is 30.6 Å². The summed E-state index contributed by atoms with van der Waals surface area (Å²) in [4.78, 5) is 22.3. The van der Waals surface area contributed by atoms with E-state index in [1.54, 1.807) is 6.07 Å². The maximum atomic E-state index is 10.9. The molecule has 0 aliphatic carbocycles. The van der Waals surface area contributed by atoms with Gasteiger partial charge in [0.1, 0.15) is 29.1 Å². The van der Waals surface area contributed by atoms with E-state index in [1.165, 1.54) is 18.5 Å². The molecule has 0 radical (unpaired) electrons. The quantitative estimate of drug-likeness (QED) is 0.587. The maximum absolute atomic E-state index is 10.9. The molecule has 106 valence electrons. The smallest absolute Gasteiger partial charge is 0.339 e. The minimum Gasteiger partial charge on any atom is -0.507 e. The van der Waals surface area contributed by atoms with E-state index in [1.807, 2.05) is 13.0 Å². The molecule has 2 heterocycles. The standard InChI is InChI=1S/C14H12N4O3/c1-7-4-10-12(17-7)15-6-16-13(10)18-8-2-3-9(14(20)21)11(19)5-8/h2-6,19H,1H3,(H,20,21)(H2,15,16,17,18). The predicted octanol–water partition coefficient (Wildman–Crippen LogP) is 2.41. The molecule has 0 aliphatic heterocycles. The van der Waals surface area contributed by atoms with E-state index in [0.29, 0.717) is 17.2 Å². The van der Waals surface area contributed by atoms with Gasteiger partial charge in [0.25, 0.3) is 0 Å². The van der Waals surface area contributed by atoms with Crippen molar-refractivity contribution in [1.82, 2.24) is 15.0 Å². The van der Waals surface area contributed by atoms with E-state index in [0.717, 1.165) is 11.1 Å². The largest absolute Gasteiger partial charge is 0.507 e. The van der Waals surface area contributed by atoms with Crippen molar-refractivity contribution in [3.63, 3.8) is 0 Å². The third-order valence-corrected chi connectivity index (χ3v) is 3.05. The Morgan fingerprint density at radius 2 is 2.10 bits per heavy atom. The van der Waals surface area contributed by atoms with Gasteiger partial charge in [-0.2, -0.15) is 0 Å². The first-order valence-corrected chi connectivity index (χ1v) is 6.18. The van der Waals surface area contributed by atoms with Crippen LogP contribution in [0.4, 0.5) is 11.5 Å². The van der Waals surface area contributed by atoms with Crippen LogP contribution >= 0.6 is 0 Å². The number of carboxylic acid groups (broad SMARTS) is 1. The highest BCUT2D eigenvalue weighted by Crippen LogP contribution is 2.27. The van der Waals surface area contributed by atoms with E-state index in [-0.39, 0.29) is 11.3 Å². The number of fused-ring (bicyclic) bond motifs is 1. The molecule has 0 saturated carbocycles. The van der Waals surface area contributed by atoms with Gasteiger partial charge in [0.05, 0.1) is 5.39 Å². The van der Waals surface area contributed by atoms with Gasteiger partial charge in [-0.05, 0) is 25.1 Å². The van der Waals surface area contributed by atoms with Gasteiger partial charge in [0.2, 0.25) is 0 Å². The summed E-state index contributed by atoms with van der Waals surface area (Å²) in [6.45, 7) is 1.92. The Labute approximate surface area is 119 Å². The molecule has 3 rings (SSSR count). The van der Waals surface area contributed by atoms with Crippen LogP contribution in [-0.4, -0.2) is 31.1 Å². The van der Waals surface area contributed by atoms with Crippen molar-refractivity contribution < 1.29 is 15.0 Å². The lowest BCUT2D eigenvalue weighted by molar-refractivity contribution is 0.0694. The summed E-state index contributed by atoms with van der Waals surface area (Å²) in [7, 11) is 0. The number of aromatic nitrogens is 3. The summed E-state index contributed by atoms with van der Waals surface area (Å²) in [6, 6.07) is 6.15. The molecule has 0 unspecified atom stereocenters. The SMILES string of the molecule is Cc1cc2c(Nc3ccc(C(=O)O)c(O)c3)ncnc2[nH]1. The van der Waals surface area contributed by atoms with Crippen LogP contribution in [-0.2, 0) is 0 Å². The third kappa shape index (κ3) is 2.36. The number of nitrogens with zero attached hydrogens (tertiary/aromatic N) is 2. The van der Waals surface area contributed by atoms with Crippen LogP contribution in [0.2, 0.25) is 0 Å². The van der Waals surface area contributed by atoms with Crippen molar-refractivity contribution in [2.45, 2.75) is 6.92 Å². The zero-order chi connectivity index (χ0) is 15.0. The van der Waals surface area contributed by atoms with E-state index < -0.39 is 5.97 Å². The van der Waals surface area contributed by atoms with Gasteiger partial charge < -0.3 is 20.5 Å². The minimum absolute atomic E-state index is 0.147. The monoisotopic (exact) mass is 284 g/mol. The molecule has 3 aromatic rings. The Balaban J connectivity index is 1.99. The van der Waals surface area contributed by atoms with E-state index in [2.05, 4.69) is 20.3 Å². The second-order valence-corrected chi connectivity index (χ2v) is 4.60. The fraction of sp³-hybridized carbons (Fsp3) is 0.0714. The molecule has 4 N–H and O–H groups in total. The molecule has 0 atom stereocenters. The van der Waals surface area contributed by atoms with Crippen LogP contribution in [0.1, 0.15) is 16.1 Å². The number of H-pyrrole nitrogens is 1. The number of carbonyl (C=O) groups is 1. The fourth-order valence-corrected chi connectivity index (χ4v) is 2.10. The second kappa shape index (κ2) is 4.78. The van der Waals surface area contributed by atoms with Gasteiger partial charge in [0.15, 0.2) is 0 Å². The number of anilines is 2. The fourth-order valence-electron chi connectivity index (χ4n) is 2.10. The minimum atomic E-state index is -1.18. The molecule has 0 amide bonds. The molecule has 7 nitrogen and oxygen atoms in total. The van der Waals surface area contributed by atoms with Gasteiger partial charge in [-0.25, -0.2) is 14.8 Å². The summed E-state index contributed by atoms with van der Waals surface area (Å²) in [5, 5.41) is 22.4. The summed E-state index contributed by atoms with van der Waals surface area (Å²) in [6.07, 6.45) is 1.42. The lowest BCUT2D eigenvalue weighted by atomic mass is 10.2. The molecule has 21 heavy (non-hydrogen) atoms. The summed E-state index contributed by atoms with van der Waals surface area (Å²) >= 11 is 0. The average Bonchev–Trinajstić information content (AvgIpc) is 2.80. The number of aromatic carboxylic acids is 1. The number of nitrogens with one attached hydrogen (secondary N) is 2. The topological polar surface area (TPSA) is 111 Å². The van der Waals surface area contributed by atoms with Crippen LogP contribution in [0, 0.1) is 6.92 Å². The second-order valence-electron chi connectivity index (χ2n) is 4.60. The molecule has 7 heteroatoms. The first kappa shape index (κ1) is 12.9. The molecular weight excluding hydrogens is 272 g/mol. The molecule has 1 aromatic carbocycles. The zero-order valence-corrected chi connectivity index (χ0v) is 11.1. The Morgan fingerprint density at radius 3 is 2.81 bits per heavy atom. The van der Waals surface area contributed by atoms with Crippen molar-refractivity contribution in [2.75, 3.05) is 5.32 Å². The maximum Gasteiger partial charge on any atom is 0.339 e. The van der Waals surface area contributed by atoms with E-state index in [4.69, 9.17) is 5.11 Å². The van der Waals surface area contributed by atoms with Crippen molar-refractivity contribution in [3.8, 4) is 5.75 Å². The van der Waals surface area contributed by atoms with E-state index >= 15 is 0 Å². The number of benzene rings is 1. The Morgan fingerprint density at radius 1 is 1.29 bits per heavy atom. The lowest BCUT2D eigenvalue weighted by Crippen LogP contribution is -1.99. The number of hydrogen-bond acceptors (Lipinski definition) is 5. The summed E-state index contributed by atoms with van der Waals surface area (Å²) in [5.41, 5.74) is 2.05. The van der Waals surface area contributed by atoms with Gasteiger partial charge in [-0.3, -0.25) is 0 Å². The number of aromatic hydroxyl groups is 1. The average molecular weight is 284 g/mol.